The Balaban J connectivity index is 1.47. The first-order chi connectivity index (χ1) is 17.5. The van der Waals surface area contributed by atoms with Crippen molar-refractivity contribution in [2.75, 3.05) is 5.32 Å². The number of aromatic nitrogens is 4. The van der Waals surface area contributed by atoms with Gasteiger partial charge < -0.3 is 0 Å². The molecule has 0 saturated heterocycles. The quantitative estimate of drug-likeness (QED) is 0.257. The van der Waals surface area contributed by atoms with Gasteiger partial charge in [-0.3, -0.25) is 0 Å². The number of rotatable bonds is 7. The Morgan fingerprint density at radius 2 is 1.89 bits per heavy atom. The van der Waals surface area contributed by atoms with Crippen molar-refractivity contribution in [3.63, 3.8) is 0 Å². The first-order valence-electron chi connectivity index (χ1n) is 11.8. The van der Waals surface area contributed by atoms with E-state index >= 15 is 0 Å². The Bertz CT molecular complexity index is 1490. The van der Waals surface area contributed by atoms with Gasteiger partial charge in [0.25, 0.3) is 0 Å². The van der Waals surface area contributed by atoms with E-state index in [1.807, 2.05) is 50.2 Å². The van der Waals surface area contributed by atoms with E-state index in [0.29, 0.717) is 28.8 Å². The first-order valence-corrected chi connectivity index (χ1v) is 14.1. The molecule has 2 aromatic carbocycles. The molecule has 1 aliphatic rings. The van der Waals surface area contributed by atoms with E-state index in [-0.39, 0.29) is 5.97 Å². The Kier molecular flexibility index (Phi) is 6.38. The van der Waals surface area contributed by atoms with Gasteiger partial charge >= 0.3 is 222 Å². The number of hydrogen-bond acceptors (Lipinski definition) is 9. The van der Waals surface area contributed by atoms with E-state index in [4.69, 9.17) is 14.2 Å². The molecule has 0 fully saturated rings. The van der Waals surface area contributed by atoms with Crippen LogP contribution < -0.4 is 9.80 Å². The average Bonchev–Trinajstić information content (AvgIpc) is 3.37. The average molecular weight is 560 g/mol. The molecule has 0 atom stereocenters. The van der Waals surface area contributed by atoms with E-state index < -0.39 is 27.0 Å². The van der Waals surface area contributed by atoms with Gasteiger partial charge in [0.2, 0.25) is 0 Å². The number of carbonyl (C=O) groups excluding carboxylic acids is 1. The van der Waals surface area contributed by atoms with Gasteiger partial charge in [-0.1, -0.05) is 0 Å². The van der Waals surface area contributed by atoms with Gasteiger partial charge in [-0.25, -0.2) is 0 Å². The molecule has 4 aromatic rings. The number of esters is 1. The first kappa shape index (κ1) is 25.1. The van der Waals surface area contributed by atoms with E-state index in [9.17, 15) is 9.90 Å². The molecular weight excluding hydrogens is 533 g/mol. The number of cyclic esters (lactones) is 1. The number of aryl methyl sites for hydroxylation is 1. The van der Waals surface area contributed by atoms with Crippen molar-refractivity contribution < 1.29 is 19.2 Å². The Morgan fingerprint density at radius 3 is 2.62 bits per heavy atom. The zero-order chi connectivity index (χ0) is 26.4. The number of anilines is 2. The second kappa shape index (κ2) is 9.39. The summed E-state index contributed by atoms with van der Waals surface area (Å²) < 4.78 is 11.7. The summed E-state index contributed by atoms with van der Waals surface area (Å²) in [5, 5.41) is 18.6. The number of carbonyl (C=O) groups is 1. The fourth-order valence-corrected chi connectivity index (χ4v) is 6.57. The second-order valence-electron chi connectivity index (χ2n) is 9.90. The zero-order valence-electron chi connectivity index (χ0n) is 21.2. The van der Waals surface area contributed by atoms with Crippen LogP contribution in [0.1, 0.15) is 60.6 Å². The summed E-state index contributed by atoms with van der Waals surface area (Å²) in [7, 11) is 0. The van der Waals surface area contributed by atoms with Crippen LogP contribution in [0.3, 0.4) is 0 Å². The van der Waals surface area contributed by atoms with Crippen LogP contribution in [0.4, 0.5) is 11.6 Å². The SMILES string of the molecule is Cc1noc(-c2cnc(Nc3ccc4c(c3)C(C)(C)OC4=O)nc2[As]Cc2ccccc2C(C)(C)O)n1. The molecule has 2 N–H and O–H groups in total. The van der Waals surface area contributed by atoms with Gasteiger partial charge in [0, 0.05) is 0 Å². The summed E-state index contributed by atoms with van der Waals surface area (Å²) in [5.41, 5.74) is 3.14. The van der Waals surface area contributed by atoms with Crippen molar-refractivity contribution in [1.82, 2.24) is 20.1 Å². The molecule has 37 heavy (non-hydrogen) atoms. The van der Waals surface area contributed by atoms with E-state index in [0.717, 1.165) is 32.1 Å². The van der Waals surface area contributed by atoms with Crippen molar-refractivity contribution in [1.29, 1.82) is 0 Å². The molecule has 0 amide bonds. The topological polar surface area (TPSA) is 123 Å². The maximum absolute atomic E-state index is 12.1. The molecular formula is C27H27AsN5O4. The number of nitrogens with one attached hydrogen (secondary N) is 1. The number of benzene rings is 2. The van der Waals surface area contributed by atoms with Crippen molar-refractivity contribution in [2.45, 2.75) is 51.0 Å². The molecule has 189 valence electrons. The Hall–Kier alpha value is -3.55. The van der Waals surface area contributed by atoms with Crippen molar-refractivity contribution in [3.8, 4) is 11.5 Å². The van der Waals surface area contributed by atoms with Crippen LogP contribution in [0.5, 0.6) is 0 Å². The summed E-state index contributed by atoms with van der Waals surface area (Å²) in [6, 6.07) is 13.4. The zero-order valence-corrected chi connectivity index (χ0v) is 23.1. The molecule has 9 nitrogen and oxygen atoms in total. The third-order valence-corrected chi connectivity index (χ3v) is 8.48. The standard InChI is InChI=1S/C27H27AsN5O4/c1-15-30-23(37-33-15)19-14-29-25(31-17-10-11-18-21(12-17)27(4,5)36-24(18)34)32-22(19)28-13-16-8-6-7-9-20(16)26(2,3)35/h6-12,14,35H,13H2,1-5H3,(H,29,31,32). The number of nitrogens with zero attached hydrogens (tertiary/aromatic N) is 4. The molecule has 1 aliphatic heterocycles. The second-order valence-corrected chi connectivity index (χ2v) is 12.1. The summed E-state index contributed by atoms with van der Waals surface area (Å²) in [4.78, 5) is 25.9. The molecule has 5 rings (SSSR count). The minimum atomic E-state index is -0.949. The third kappa shape index (κ3) is 5.15. The fourth-order valence-electron chi connectivity index (χ4n) is 4.29. The van der Waals surface area contributed by atoms with Crippen LogP contribution in [0, 0.1) is 6.92 Å². The van der Waals surface area contributed by atoms with Crippen LogP contribution in [0.2, 0.25) is 0 Å². The van der Waals surface area contributed by atoms with Crippen molar-refractivity contribution in [2.24, 2.45) is 0 Å². The molecule has 0 bridgehead atoms. The van der Waals surface area contributed by atoms with Crippen LogP contribution in [0.25, 0.3) is 11.5 Å². The normalized spacial score (nSPS) is 14.7. The molecule has 0 spiro atoms. The van der Waals surface area contributed by atoms with Gasteiger partial charge in [-0.2, -0.15) is 0 Å². The molecule has 2 aromatic heterocycles. The van der Waals surface area contributed by atoms with E-state index in [1.165, 1.54) is 0 Å². The van der Waals surface area contributed by atoms with Crippen molar-refractivity contribution >= 4 is 37.8 Å². The van der Waals surface area contributed by atoms with Gasteiger partial charge in [0.15, 0.2) is 0 Å². The van der Waals surface area contributed by atoms with Crippen LogP contribution in [-0.2, 0) is 21.1 Å². The number of hydrogen-bond donors (Lipinski definition) is 2. The van der Waals surface area contributed by atoms with E-state index in [2.05, 4.69) is 20.4 Å². The maximum atomic E-state index is 12.1. The summed E-state index contributed by atoms with van der Waals surface area (Å²) >= 11 is -0.488. The molecule has 0 saturated carbocycles. The van der Waals surface area contributed by atoms with Gasteiger partial charge in [0.1, 0.15) is 0 Å². The number of aliphatic hydroxyl groups is 1. The monoisotopic (exact) mass is 560 g/mol. The molecule has 3 heterocycles. The summed E-state index contributed by atoms with van der Waals surface area (Å²) in [6.07, 6.45) is 1.69. The van der Waals surface area contributed by atoms with Crippen LogP contribution in [0.15, 0.2) is 53.2 Å². The minimum absolute atomic E-state index is 0.320. The summed E-state index contributed by atoms with van der Waals surface area (Å²) in [6.45, 7) is 9.08. The Morgan fingerprint density at radius 1 is 1.11 bits per heavy atom. The fraction of sp³-hybridized carbons (Fsp3) is 0.296. The van der Waals surface area contributed by atoms with Gasteiger partial charge in [-0.15, -0.1) is 0 Å². The van der Waals surface area contributed by atoms with E-state index in [1.54, 1.807) is 33.0 Å². The molecule has 0 aliphatic carbocycles. The van der Waals surface area contributed by atoms with Gasteiger partial charge in [0.05, 0.1) is 0 Å². The predicted molar refractivity (Wildman–Crippen MR) is 139 cm³/mol. The number of fused-ring (bicyclic) bond motifs is 1. The molecule has 0 unspecified atom stereocenters. The number of ether oxygens (including phenoxy) is 1. The molecule has 10 heteroatoms. The molecule has 1 radical (unpaired) electrons. The summed E-state index contributed by atoms with van der Waals surface area (Å²) in [5.74, 6) is 1.01. The van der Waals surface area contributed by atoms with Crippen LogP contribution >= 0.6 is 0 Å². The van der Waals surface area contributed by atoms with Gasteiger partial charge in [-0.05, 0) is 0 Å². The predicted octanol–water partition coefficient (Wildman–Crippen LogP) is 3.74. The Labute approximate surface area is 221 Å². The van der Waals surface area contributed by atoms with Crippen molar-refractivity contribution in [3.05, 3.63) is 76.7 Å². The van der Waals surface area contributed by atoms with Crippen LogP contribution in [-0.4, -0.2) is 46.9 Å². The third-order valence-electron chi connectivity index (χ3n) is 6.09.